The van der Waals surface area contributed by atoms with Crippen LogP contribution in [0.3, 0.4) is 0 Å². The highest BCUT2D eigenvalue weighted by Crippen LogP contribution is 2.21. The van der Waals surface area contributed by atoms with Gasteiger partial charge in [-0.1, -0.05) is 27.2 Å². The van der Waals surface area contributed by atoms with E-state index >= 15 is 0 Å². The molecule has 0 aromatic rings. The Morgan fingerprint density at radius 3 is 2.50 bits per heavy atom. The summed E-state index contributed by atoms with van der Waals surface area (Å²) in [5.74, 6) is 0.0613. The van der Waals surface area contributed by atoms with Crippen molar-refractivity contribution in [3.05, 3.63) is 0 Å². The molecule has 0 rings (SSSR count). The van der Waals surface area contributed by atoms with Crippen LogP contribution < -0.4 is 5.32 Å². The van der Waals surface area contributed by atoms with Crippen LogP contribution in [0.5, 0.6) is 0 Å². The van der Waals surface area contributed by atoms with Crippen molar-refractivity contribution in [2.24, 2.45) is 5.41 Å². The summed E-state index contributed by atoms with van der Waals surface area (Å²) in [6, 6.07) is 0. The minimum atomic E-state index is -0.271. The van der Waals surface area contributed by atoms with Crippen LogP contribution in [0.4, 0.5) is 0 Å². The summed E-state index contributed by atoms with van der Waals surface area (Å²) in [4.78, 5) is 11.4. The highest BCUT2D eigenvalue weighted by Gasteiger charge is 2.25. The molecule has 12 heavy (non-hydrogen) atoms. The molecule has 0 saturated heterocycles. The third-order valence-electron chi connectivity index (χ3n) is 1.87. The first-order valence-corrected chi connectivity index (χ1v) is 4.32. The Hall–Kier alpha value is -0.570. The molecule has 0 bridgehead atoms. The van der Waals surface area contributed by atoms with Crippen LogP contribution in [0.15, 0.2) is 0 Å². The van der Waals surface area contributed by atoms with Gasteiger partial charge in [0, 0.05) is 12.5 Å². The molecule has 3 nitrogen and oxygen atoms in total. The third-order valence-corrected chi connectivity index (χ3v) is 1.87. The second-order valence-corrected chi connectivity index (χ2v) is 3.57. The first kappa shape index (κ1) is 11.4. The van der Waals surface area contributed by atoms with E-state index in [1.807, 2.05) is 13.8 Å². The second kappa shape index (κ2) is 5.14. The zero-order valence-corrected chi connectivity index (χ0v) is 8.44. The minimum absolute atomic E-state index is 0.0613. The summed E-state index contributed by atoms with van der Waals surface area (Å²) in [6.45, 7) is 6.26. The van der Waals surface area contributed by atoms with Crippen molar-refractivity contribution in [2.75, 3.05) is 13.8 Å². The summed E-state index contributed by atoms with van der Waals surface area (Å²) in [7, 11) is 1.56. The van der Waals surface area contributed by atoms with Gasteiger partial charge >= 0.3 is 0 Å². The van der Waals surface area contributed by atoms with Crippen LogP contribution in [0.2, 0.25) is 0 Å². The predicted molar refractivity (Wildman–Crippen MR) is 48.7 cm³/mol. The molecular weight excluding hydrogens is 154 g/mol. The number of carbonyl (C=O) groups excluding carboxylic acids is 1. The Bertz CT molecular complexity index is 143. The quantitative estimate of drug-likeness (QED) is 0.640. The Kier molecular flexibility index (Phi) is 4.90. The molecule has 0 aromatic heterocycles. The van der Waals surface area contributed by atoms with Gasteiger partial charge in [0.2, 0.25) is 5.91 Å². The van der Waals surface area contributed by atoms with Gasteiger partial charge in [-0.2, -0.15) is 0 Å². The van der Waals surface area contributed by atoms with E-state index in [1.54, 1.807) is 7.11 Å². The molecule has 1 amide bonds. The molecule has 0 radical (unpaired) electrons. The summed E-state index contributed by atoms with van der Waals surface area (Å²) < 4.78 is 4.75. The molecule has 0 saturated carbocycles. The molecule has 0 fully saturated rings. The lowest BCUT2D eigenvalue weighted by atomic mass is 9.87. The summed E-state index contributed by atoms with van der Waals surface area (Å²) >= 11 is 0. The zero-order valence-electron chi connectivity index (χ0n) is 8.44. The maximum Gasteiger partial charge on any atom is 0.227 e. The van der Waals surface area contributed by atoms with Crippen LogP contribution in [-0.4, -0.2) is 19.7 Å². The number of hydrogen-bond donors (Lipinski definition) is 1. The first-order valence-electron chi connectivity index (χ1n) is 4.32. The molecule has 0 aromatic carbocycles. The zero-order chi connectivity index (χ0) is 9.61. The smallest absolute Gasteiger partial charge is 0.227 e. The lowest BCUT2D eigenvalue weighted by Crippen LogP contribution is -2.37. The number of amides is 1. The maximum atomic E-state index is 11.4. The fourth-order valence-corrected chi connectivity index (χ4v) is 1.12. The largest absolute Gasteiger partial charge is 0.364 e. The molecule has 72 valence electrons. The van der Waals surface area contributed by atoms with Crippen molar-refractivity contribution in [1.82, 2.24) is 5.32 Å². The molecule has 0 spiro atoms. The molecular formula is C9H19NO2. The van der Waals surface area contributed by atoms with Crippen molar-refractivity contribution >= 4 is 5.91 Å². The van der Waals surface area contributed by atoms with Crippen LogP contribution in [-0.2, 0) is 9.53 Å². The third kappa shape index (κ3) is 3.72. The maximum absolute atomic E-state index is 11.4. The van der Waals surface area contributed by atoms with Gasteiger partial charge in [0.25, 0.3) is 0 Å². The SMILES string of the molecule is CCCC(C)(C)C(=O)NCOC. The van der Waals surface area contributed by atoms with E-state index in [9.17, 15) is 4.79 Å². The Balaban J connectivity index is 3.88. The van der Waals surface area contributed by atoms with Gasteiger partial charge in [0.1, 0.15) is 6.73 Å². The van der Waals surface area contributed by atoms with Crippen LogP contribution >= 0.6 is 0 Å². The van der Waals surface area contributed by atoms with E-state index in [-0.39, 0.29) is 11.3 Å². The predicted octanol–water partition coefficient (Wildman–Crippen LogP) is 1.53. The summed E-state index contributed by atoms with van der Waals surface area (Å²) in [5.41, 5.74) is -0.271. The minimum Gasteiger partial charge on any atom is -0.364 e. The molecule has 0 aliphatic rings. The van der Waals surface area contributed by atoms with E-state index in [4.69, 9.17) is 4.74 Å². The number of ether oxygens (including phenoxy) is 1. The van der Waals surface area contributed by atoms with Gasteiger partial charge in [-0.25, -0.2) is 0 Å². The molecule has 0 unspecified atom stereocenters. The average Bonchev–Trinajstić information content (AvgIpc) is 2.00. The van der Waals surface area contributed by atoms with Crippen molar-refractivity contribution in [2.45, 2.75) is 33.6 Å². The second-order valence-electron chi connectivity index (χ2n) is 3.57. The Labute approximate surface area is 74.5 Å². The van der Waals surface area contributed by atoms with E-state index in [0.29, 0.717) is 6.73 Å². The fourth-order valence-electron chi connectivity index (χ4n) is 1.12. The van der Waals surface area contributed by atoms with Crippen LogP contribution in [0.25, 0.3) is 0 Å². The number of methoxy groups -OCH3 is 1. The highest BCUT2D eigenvalue weighted by atomic mass is 16.5. The lowest BCUT2D eigenvalue weighted by Gasteiger charge is -2.22. The number of rotatable bonds is 5. The lowest BCUT2D eigenvalue weighted by molar-refractivity contribution is -0.131. The van der Waals surface area contributed by atoms with Crippen molar-refractivity contribution in [1.29, 1.82) is 0 Å². The van der Waals surface area contributed by atoms with Gasteiger partial charge in [0.05, 0.1) is 0 Å². The van der Waals surface area contributed by atoms with Crippen molar-refractivity contribution in [3.63, 3.8) is 0 Å². The van der Waals surface area contributed by atoms with Crippen molar-refractivity contribution in [3.8, 4) is 0 Å². The Morgan fingerprint density at radius 2 is 2.08 bits per heavy atom. The highest BCUT2D eigenvalue weighted by molar-refractivity contribution is 5.81. The molecule has 3 heteroatoms. The molecule has 0 atom stereocenters. The summed E-state index contributed by atoms with van der Waals surface area (Å²) in [5, 5.41) is 2.70. The van der Waals surface area contributed by atoms with Crippen molar-refractivity contribution < 1.29 is 9.53 Å². The monoisotopic (exact) mass is 173 g/mol. The average molecular weight is 173 g/mol. The number of nitrogens with one attached hydrogen (secondary N) is 1. The van der Waals surface area contributed by atoms with Gasteiger partial charge in [-0.3, -0.25) is 4.79 Å². The standard InChI is InChI=1S/C9H19NO2/c1-5-6-9(2,3)8(11)10-7-12-4/h5-7H2,1-4H3,(H,10,11). The van der Waals surface area contributed by atoms with E-state index < -0.39 is 0 Å². The molecule has 1 N–H and O–H groups in total. The topological polar surface area (TPSA) is 38.3 Å². The van der Waals surface area contributed by atoms with E-state index in [1.165, 1.54) is 0 Å². The van der Waals surface area contributed by atoms with Gasteiger partial charge in [-0.05, 0) is 6.42 Å². The number of carbonyl (C=O) groups is 1. The first-order chi connectivity index (χ1) is 5.54. The van der Waals surface area contributed by atoms with E-state index in [0.717, 1.165) is 12.8 Å². The van der Waals surface area contributed by atoms with Gasteiger partial charge < -0.3 is 10.1 Å². The number of hydrogen-bond acceptors (Lipinski definition) is 2. The van der Waals surface area contributed by atoms with E-state index in [2.05, 4.69) is 12.2 Å². The Morgan fingerprint density at radius 1 is 1.50 bits per heavy atom. The van der Waals surface area contributed by atoms with Gasteiger partial charge in [0.15, 0.2) is 0 Å². The van der Waals surface area contributed by atoms with Crippen LogP contribution in [0, 0.1) is 5.41 Å². The molecule has 0 heterocycles. The normalized spacial score (nSPS) is 11.3. The van der Waals surface area contributed by atoms with Gasteiger partial charge in [-0.15, -0.1) is 0 Å². The fraction of sp³-hybridized carbons (Fsp3) is 0.889. The van der Waals surface area contributed by atoms with Crippen LogP contribution in [0.1, 0.15) is 33.6 Å². The molecule has 0 aliphatic heterocycles. The molecule has 0 aliphatic carbocycles. The summed E-state index contributed by atoms with van der Waals surface area (Å²) in [6.07, 6.45) is 1.93.